The summed E-state index contributed by atoms with van der Waals surface area (Å²) in [4.78, 5) is 17.9. The van der Waals surface area contributed by atoms with Gasteiger partial charge in [-0.15, -0.1) is 23.7 Å². The summed E-state index contributed by atoms with van der Waals surface area (Å²) < 4.78 is 14.9. The fourth-order valence-electron chi connectivity index (χ4n) is 3.03. The van der Waals surface area contributed by atoms with Crippen LogP contribution in [-0.4, -0.2) is 15.3 Å². The molecule has 0 aliphatic rings. The zero-order chi connectivity index (χ0) is 19.7. The average molecular weight is 430 g/mol. The van der Waals surface area contributed by atoms with Crippen molar-refractivity contribution in [1.82, 2.24) is 14.7 Å². The first kappa shape index (κ1) is 21.0. The van der Waals surface area contributed by atoms with Gasteiger partial charge in [0.05, 0.1) is 12.1 Å². The Bertz CT molecular complexity index is 1150. The summed E-state index contributed by atoms with van der Waals surface area (Å²) in [6.45, 7) is 4.56. The molecule has 4 aromatic rings. The van der Waals surface area contributed by atoms with Gasteiger partial charge in [0.2, 0.25) is 5.91 Å². The van der Waals surface area contributed by atoms with Crippen LogP contribution in [0.5, 0.6) is 0 Å². The van der Waals surface area contributed by atoms with Gasteiger partial charge in [0.1, 0.15) is 5.82 Å². The molecule has 2 heterocycles. The lowest BCUT2D eigenvalue weighted by Crippen LogP contribution is -2.24. The van der Waals surface area contributed by atoms with Gasteiger partial charge in [-0.3, -0.25) is 9.20 Å². The molecule has 0 aliphatic carbocycles. The first-order valence-corrected chi connectivity index (χ1v) is 9.92. The van der Waals surface area contributed by atoms with E-state index in [9.17, 15) is 9.18 Å². The van der Waals surface area contributed by atoms with Gasteiger partial charge in [-0.1, -0.05) is 24.3 Å². The van der Waals surface area contributed by atoms with Crippen LogP contribution in [0.2, 0.25) is 0 Å². The number of rotatable bonds is 5. The Morgan fingerprint density at radius 1 is 1.14 bits per heavy atom. The molecule has 0 saturated heterocycles. The summed E-state index contributed by atoms with van der Waals surface area (Å²) in [5.74, 6) is -0.360. The Morgan fingerprint density at radius 3 is 2.62 bits per heavy atom. The molecular formula is C22H21ClFN3OS. The number of hydrogen-bond acceptors (Lipinski definition) is 3. The molecule has 0 spiro atoms. The molecule has 4 nitrogen and oxygen atoms in total. The van der Waals surface area contributed by atoms with Crippen molar-refractivity contribution < 1.29 is 9.18 Å². The van der Waals surface area contributed by atoms with Crippen LogP contribution < -0.4 is 5.32 Å². The van der Waals surface area contributed by atoms with Crippen molar-refractivity contribution in [2.45, 2.75) is 26.8 Å². The van der Waals surface area contributed by atoms with E-state index in [1.807, 2.05) is 16.0 Å². The molecule has 150 valence electrons. The van der Waals surface area contributed by atoms with E-state index < -0.39 is 0 Å². The van der Waals surface area contributed by atoms with Crippen LogP contribution >= 0.6 is 23.7 Å². The third kappa shape index (κ3) is 4.66. The van der Waals surface area contributed by atoms with E-state index >= 15 is 0 Å². The van der Waals surface area contributed by atoms with Gasteiger partial charge in [0.25, 0.3) is 0 Å². The number of aryl methyl sites for hydroxylation is 2. The smallest absolute Gasteiger partial charge is 0.226 e. The highest BCUT2D eigenvalue weighted by Crippen LogP contribution is 2.25. The third-order valence-electron chi connectivity index (χ3n) is 4.83. The molecular weight excluding hydrogens is 409 g/mol. The number of amides is 1. The second-order valence-electron chi connectivity index (χ2n) is 6.88. The predicted molar refractivity (Wildman–Crippen MR) is 117 cm³/mol. The van der Waals surface area contributed by atoms with Gasteiger partial charge < -0.3 is 5.32 Å². The number of fused-ring (bicyclic) bond motifs is 1. The van der Waals surface area contributed by atoms with E-state index in [1.165, 1.54) is 34.6 Å². The topological polar surface area (TPSA) is 46.4 Å². The average Bonchev–Trinajstić information content (AvgIpc) is 3.25. The molecule has 2 aromatic heterocycles. The summed E-state index contributed by atoms with van der Waals surface area (Å²) in [6.07, 6.45) is 2.25. The third-order valence-corrected chi connectivity index (χ3v) is 5.72. The number of nitrogens with one attached hydrogen (secondary N) is 1. The molecule has 2 aromatic carbocycles. The summed E-state index contributed by atoms with van der Waals surface area (Å²) in [5.41, 5.74) is 6.23. The number of carbonyl (C=O) groups is 1. The van der Waals surface area contributed by atoms with Crippen molar-refractivity contribution >= 4 is 34.6 Å². The number of nitrogens with zero attached hydrogens (tertiary/aromatic N) is 2. The summed E-state index contributed by atoms with van der Waals surface area (Å²) in [7, 11) is 0. The highest BCUT2D eigenvalue weighted by molar-refractivity contribution is 7.15. The summed E-state index contributed by atoms with van der Waals surface area (Å²) in [5, 5.41) is 4.85. The van der Waals surface area contributed by atoms with Gasteiger partial charge in [-0.25, -0.2) is 9.37 Å². The van der Waals surface area contributed by atoms with Crippen molar-refractivity contribution in [3.05, 3.63) is 82.2 Å². The Balaban J connectivity index is 0.00000240. The second kappa shape index (κ2) is 8.76. The van der Waals surface area contributed by atoms with Crippen LogP contribution in [0.3, 0.4) is 0 Å². The zero-order valence-corrected chi connectivity index (χ0v) is 17.7. The monoisotopic (exact) mass is 429 g/mol. The number of thiazole rings is 1. The minimum Gasteiger partial charge on any atom is -0.352 e. The quantitative estimate of drug-likeness (QED) is 0.479. The first-order chi connectivity index (χ1) is 13.5. The van der Waals surface area contributed by atoms with Crippen molar-refractivity contribution in [2.75, 3.05) is 0 Å². The summed E-state index contributed by atoms with van der Waals surface area (Å²) >= 11 is 1.53. The van der Waals surface area contributed by atoms with Crippen molar-refractivity contribution in [3.8, 4) is 11.3 Å². The number of imidazole rings is 1. The zero-order valence-electron chi connectivity index (χ0n) is 16.1. The standard InChI is InChI=1S/C22H20FN3OS.ClH/c1-14-3-6-17(9-15(14)2)20-12-26-19(13-28-22(26)25-20)10-21(27)24-11-16-4-7-18(23)8-5-16;/h3-9,12-13H,10-11H2,1-2H3,(H,24,27);1H. The number of benzene rings is 2. The van der Waals surface area contributed by atoms with Gasteiger partial charge in [-0.05, 0) is 48.7 Å². The van der Waals surface area contributed by atoms with Gasteiger partial charge in [-0.2, -0.15) is 0 Å². The molecule has 29 heavy (non-hydrogen) atoms. The maximum Gasteiger partial charge on any atom is 0.226 e. The fourth-order valence-corrected chi connectivity index (χ4v) is 3.90. The molecule has 0 aliphatic heterocycles. The molecule has 0 radical (unpaired) electrons. The fraction of sp³-hybridized carbons (Fsp3) is 0.182. The van der Waals surface area contributed by atoms with Crippen LogP contribution in [0.4, 0.5) is 4.39 Å². The Kier molecular flexibility index (Phi) is 6.35. The minimum atomic E-state index is -0.282. The van der Waals surface area contributed by atoms with Crippen LogP contribution in [0, 0.1) is 19.7 Å². The summed E-state index contributed by atoms with van der Waals surface area (Å²) in [6, 6.07) is 12.4. The normalized spacial score (nSPS) is 10.7. The highest BCUT2D eigenvalue weighted by Gasteiger charge is 2.13. The largest absolute Gasteiger partial charge is 0.352 e. The van der Waals surface area contributed by atoms with Crippen molar-refractivity contribution in [3.63, 3.8) is 0 Å². The van der Waals surface area contributed by atoms with Gasteiger partial charge in [0, 0.05) is 29.4 Å². The number of hydrogen-bond donors (Lipinski definition) is 1. The molecule has 0 saturated carbocycles. The highest BCUT2D eigenvalue weighted by atomic mass is 35.5. The molecule has 1 N–H and O–H groups in total. The van der Waals surface area contributed by atoms with E-state index in [0.717, 1.165) is 27.5 Å². The first-order valence-electron chi connectivity index (χ1n) is 9.04. The number of aromatic nitrogens is 2. The van der Waals surface area contributed by atoms with Crippen molar-refractivity contribution in [2.24, 2.45) is 0 Å². The molecule has 0 bridgehead atoms. The maximum atomic E-state index is 13.0. The lowest BCUT2D eigenvalue weighted by Gasteiger charge is -2.05. The van der Waals surface area contributed by atoms with E-state index in [-0.39, 0.29) is 30.6 Å². The van der Waals surface area contributed by atoms with Crippen LogP contribution in [0.15, 0.2) is 54.0 Å². The van der Waals surface area contributed by atoms with Crippen LogP contribution in [0.1, 0.15) is 22.4 Å². The van der Waals surface area contributed by atoms with E-state index in [2.05, 4.69) is 37.4 Å². The molecule has 0 fully saturated rings. The number of carbonyl (C=O) groups excluding carboxylic acids is 1. The SMILES string of the molecule is Cc1ccc(-c2cn3c(CC(=O)NCc4ccc(F)cc4)csc3n2)cc1C.Cl. The van der Waals surface area contributed by atoms with Crippen LogP contribution in [-0.2, 0) is 17.8 Å². The van der Waals surface area contributed by atoms with Gasteiger partial charge in [0.15, 0.2) is 4.96 Å². The lowest BCUT2D eigenvalue weighted by atomic mass is 10.0. The molecule has 0 atom stereocenters. The minimum absolute atomic E-state index is 0. The molecule has 1 amide bonds. The molecule has 7 heteroatoms. The van der Waals surface area contributed by atoms with Crippen LogP contribution in [0.25, 0.3) is 16.2 Å². The van der Waals surface area contributed by atoms with E-state index in [4.69, 9.17) is 4.98 Å². The molecule has 0 unspecified atom stereocenters. The Hall–Kier alpha value is -2.70. The molecule has 4 rings (SSSR count). The van der Waals surface area contributed by atoms with E-state index in [1.54, 1.807) is 12.1 Å². The van der Waals surface area contributed by atoms with E-state index in [0.29, 0.717) is 6.54 Å². The lowest BCUT2D eigenvalue weighted by molar-refractivity contribution is -0.120. The number of halogens is 2. The Morgan fingerprint density at radius 2 is 1.90 bits per heavy atom. The predicted octanol–water partition coefficient (Wildman–Crippen LogP) is 5.10. The van der Waals surface area contributed by atoms with Crippen molar-refractivity contribution in [1.29, 1.82) is 0 Å². The Labute approximate surface area is 178 Å². The second-order valence-corrected chi connectivity index (χ2v) is 7.72. The maximum absolute atomic E-state index is 13.0. The van der Waals surface area contributed by atoms with Gasteiger partial charge >= 0.3 is 0 Å².